The van der Waals surface area contributed by atoms with Crippen LogP contribution < -0.4 is 16.4 Å². The number of carbonyl (C=O) groups is 1. The van der Waals surface area contributed by atoms with Crippen LogP contribution in [-0.4, -0.2) is 30.0 Å². The van der Waals surface area contributed by atoms with Gasteiger partial charge in [0.05, 0.1) is 4.92 Å². The minimum absolute atomic E-state index is 0. The second-order valence-corrected chi connectivity index (χ2v) is 5.42. The summed E-state index contributed by atoms with van der Waals surface area (Å²) in [6, 6.07) is 5.09. The highest BCUT2D eigenvalue weighted by Gasteiger charge is 2.12. The number of amides is 1. The average Bonchev–Trinajstić information content (AvgIpc) is 2.45. The number of nitro benzene ring substituents is 1. The van der Waals surface area contributed by atoms with Gasteiger partial charge in [-0.05, 0) is 38.3 Å². The highest BCUT2D eigenvalue weighted by molar-refractivity contribution is 5.85. The Hall–Kier alpha value is -1.86. The highest BCUT2D eigenvalue weighted by atomic mass is 35.5. The number of nitro groups is 1. The molecule has 1 amide bonds. The molecule has 130 valence electrons. The molecule has 4 N–H and O–H groups in total. The van der Waals surface area contributed by atoms with Gasteiger partial charge in [-0.1, -0.05) is 6.07 Å². The second kappa shape index (κ2) is 10.8. The van der Waals surface area contributed by atoms with E-state index >= 15 is 0 Å². The minimum atomic E-state index is -0.398. The molecule has 0 radical (unpaired) electrons. The zero-order valence-electron chi connectivity index (χ0n) is 13.5. The van der Waals surface area contributed by atoms with E-state index in [2.05, 4.69) is 10.6 Å². The van der Waals surface area contributed by atoms with Gasteiger partial charge in [-0.2, -0.15) is 0 Å². The fourth-order valence-corrected chi connectivity index (χ4v) is 1.93. The molecule has 0 saturated heterocycles. The minimum Gasteiger partial charge on any atom is -0.379 e. The molecular formula is C15H25ClN4O3. The third-order valence-electron chi connectivity index (χ3n) is 3.17. The molecule has 0 bridgehead atoms. The van der Waals surface area contributed by atoms with Gasteiger partial charge in [0.25, 0.3) is 5.69 Å². The number of halogens is 1. The summed E-state index contributed by atoms with van der Waals surface area (Å²) in [5, 5.41) is 16.8. The van der Waals surface area contributed by atoms with E-state index in [1.807, 2.05) is 19.9 Å². The molecule has 0 aliphatic heterocycles. The molecule has 0 aliphatic rings. The number of hydrogen-bond acceptors (Lipinski definition) is 5. The Bertz CT molecular complexity index is 523. The van der Waals surface area contributed by atoms with Crippen LogP contribution in [0.25, 0.3) is 0 Å². The number of carbonyl (C=O) groups excluding carboxylic acids is 1. The van der Waals surface area contributed by atoms with Crippen molar-refractivity contribution in [1.82, 2.24) is 5.32 Å². The summed E-state index contributed by atoms with van der Waals surface area (Å²) in [6.07, 6.45) is 1.78. The van der Waals surface area contributed by atoms with Crippen LogP contribution in [0.2, 0.25) is 0 Å². The van der Waals surface area contributed by atoms with Crippen LogP contribution in [0.1, 0.15) is 31.7 Å². The van der Waals surface area contributed by atoms with Crippen molar-refractivity contribution in [2.75, 3.05) is 18.4 Å². The molecule has 0 aliphatic carbocycles. The number of rotatable bonds is 9. The van der Waals surface area contributed by atoms with Crippen molar-refractivity contribution in [2.24, 2.45) is 5.73 Å². The predicted molar refractivity (Wildman–Crippen MR) is 94.1 cm³/mol. The van der Waals surface area contributed by atoms with E-state index in [0.29, 0.717) is 38.0 Å². The summed E-state index contributed by atoms with van der Waals surface area (Å²) in [6.45, 7) is 4.77. The number of anilines is 1. The van der Waals surface area contributed by atoms with Crippen molar-refractivity contribution in [1.29, 1.82) is 0 Å². The van der Waals surface area contributed by atoms with Gasteiger partial charge < -0.3 is 16.4 Å². The first kappa shape index (κ1) is 21.1. The molecule has 1 unspecified atom stereocenters. The van der Waals surface area contributed by atoms with Gasteiger partial charge in [0.1, 0.15) is 5.69 Å². The monoisotopic (exact) mass is 344 g/mol. The molecular weight excluding hydrogens is 320 g/mol. The van der Waals surface area contributed by atoms with E-state index in [1.165, 1.54) is 6.07 Å². The first-order valence-electron chi connectivity index (χ1n) is 7.41. The van der Waals surface area contributed by atoms with Gasteiger partial charge >= 0.3 is 0 Å². The lowest BCUT2D eigenvalue weighted by Gasteiger charge is -2.09. The summed E-state index contributed by atoms with van der Waals surface area (Å²) in [5.74, 6) is -0.0152. The number of nitrogens with zero attached hydrogens (tertiary/aromatic N) is 1. The maximum absolute atomic E-state index is 11.5. The molecule has 0 spiro atoms. The van der Waals surface area contributed by atoms with Crippen LogP contribution >= 0.6 is 12.4 Å². The SMILES string of the molecule is Cc1ccc(NCCCNC(=O)CCC(C)N)c([N+](=O)[O-])c1.Cl. The van der Waals surface area contributed by atoms with Crippen LogP contribution in [0.4, 0.5) is 11.4 Å². The zero-order chi connectivity index (χ0) is 16.5. The highest BCUT2D eigenvalue weighted by Crippen LogP contribution is 2.24. The second-order valence-electron chi connectivity index (χ2n) is 5.42. The standard InChI is InChI=1S/C15H24N4O3.ClH/c1-11-4-6-13(14(10-11)19(21)22)17-8-3-9-18-15(20)7-5-12(2)16;/h4,6,10,12,17H,3,5,7-9,16H2,1-2H3,(H,18,20);1H. The van der Waals surface area contributed by atoms with Gasteiger partial charge in [0, 0.05) is 31.6 Å². The van der Waals surface area contributed by atoms with Crippen molar-refractivity contribution < 1.29 is 9.72 Å². The summed E-state index contributed by atoms with van der Waals surface area (Å²) in [4.78, 5) is 22.1. The lowest BCUT2D eigenvalue weighted by Crippen LogP contribution is -2.27. The quantitative estimate of drug-likeness (QED) is 0.362. The largest absolute Gasteiger partial charge is 0.379 e. The number of nitrogens with one attached hydrogen (secondary N) is 2. The third-order valence-corrected chi connectivity index (χ3v) is 3.17. The maximum atomic E-state index is 11.5. The van der Waals surface area contributed by atoms with Crippen LogP contribution in [0.15, 0.2) is 18.2 Å². The molecule has 1 rings (SSSR count). The van der Waals surface area contributed by atoms with Crippen LogP contribution in [-0.2, 0) is 4.79 Å². The van der Waals surface area contributed by atoms with E-state index < -0.39 is 4.92 Å². The molecule has 7 nitrogen and oxygen atoms in total. The third kappa shape index (κ3) is 8.37. The Morgan fingerprint density at radius 2 is 2.09 bits per heavy atom. The zero-order valence-corrected chi connectivity index (χ0v) is 14.3. The van der Waals surface area contributed by atoms with Crippen molar-refractivity contribution in [2.45, 2.75) is 39.2 Å². The van der Waals surface area contributed by atoms with Crippen LogP contribution in [0.5, 0.6) is 0 Å². The summed E-state index contributed by atoms with van der Waals surface area (Å²) in [5.41, 5.74) is 7.00. The fourth-order valence-electron chi connectivity index (χ4n) is 1.93. The van der Waals surface area contributed by atoms with E-state index in [4.69, 9.17) is 5.73 Å². The fraction of sp³-hybridized carbons (Fsp3) is 0.533. The number of nitrogens with two attached hydrogens (primary N) is 1. The van der Waals surface area contributed by atoms with Gasteiger partial charge in [-0.15, -0.1) is 12.4 Å². The Labute approximate surface area is 142 Å². The molecule has 8 heteroatoms. The Kier molecular flexibility index (Phi) is 9.92. The van der Waals surface area contributed by atoms with Crippen LogP contribution in [0.3, 0.4) is 0 Å². The van der Waals surface area contributed by atoms with Gasteiger partial charge in [-0.3, -0.25) is 14.9 Å². The molecule has 23 heavy (non-hydrogen) atoms. The van der Waals surface area contributed by atoms with Crippen LogP contribution in [0, 0.1) is 17.0 Å². The molecule has 0 aromatic heterocycles. The van der Waals surface area contributed by atoms with Crippen molar-refractivity contribution in [3.63, 3.8) is 0 Å². The van der Waals surface area contributed by atoms with E-state index in [9.17, 15) is 14.9 Å². The topological polar surface area (TPSA) is 110 Å². The molecule has 1 aromatic rings. The first-order chi connectivity index (χ1) is 10.4. The van der Waals surface area contributed by atoms with Gasteiger partial charge in [0.2, 0.25) is 5.91 Å². The predicted octanol–water partition coefficient (Wildman–Crippen LogP) is 2.37. The molecule has 0 fully saturated rings. The van der Waals surface area contributed by atoms with E-state index in [0.717, 1.165) is 5.56 Å². The first-order valence-corrected chi connectivity index (χ1v) is 7.41. The number of benzene rings is 1. The van der Waals surface area contributed by atoms with Crippen molar-refractivity contribution >= 4 is 29.7 Å². The van der Waals surface area contributed by atoms with E-state index in [1.54, 1.807) is 6.07 Å². The maximum Gasteiger partial charge on any atom is 0.292 e. The summed E-state index contributed by atoms with van der Waals surface area (Å²) >= 11 is 0. The number of hydrogen-bond donors (Lipinski definition) is 3. The molecule has 1 aromatic carbocycles. The molecule has 0 saturated carbocycles. The smallest absolute Gasteiger partial charge is 0.292 e. The lowest BCUT2D eigenvalue weighted by molar-refractivity contribution is -0.384. The van der Waals surface area contributed by atoms with Gasteiger partial charge in [0.15, 0.2) is 0 Å². The van der Waals surface area contributed by atoms with Crippen molar-refractivity contribution in [3.8, 4) is 0 Å². The van der Waals surface area contributed by atoms with Gasteiger partial charge in [-0.25, -0.2) is 0 Å². The summed E-state index contributed by atoms with van der Waals surface area (Å²) in [7, 11) is 0. The normalized spacial score (nSPS) is 11.3. The summed E-state index contributed by atoms with van der Waals surface area (Å²) < 4.78 is 0. The van der Waals surface area contributed by atoms with Crippen molar-refractivity contribution in [3.05, 3.63) is 33.9 Å². The average molecular weight is 345 g/mol. The number of aryl methyl sites for hydroxylation is 1. The Balaban J connectivity index is 0.00000484. The Morgan fingerprint density at radius 3 is 2.70 bits per heavy atom. The van der Waals surface area contributed by atoms with E-state index in [-0.39, 0.29) is 30.0 Å². The molecule has 1 atom stereocenters. The Morgan fingerprint density at radius 1 is 1.39 bits per heavy atom. The lowest BCUT2D eigenvalue weighted by atomic mass is 10.2. The molecule has 0 heterocycles.